The van der Waals surface area contributed by atoms with Gasteiger partial charge in [-0.05, 0) is 13.0 Å². The van der Waals surface area contributed by atoms with Crippen molar-refractivity contribution in [3.05, 3.63) is 22.4 Å². The minimum Gasteiger partial charge on any atom is -0.516 e. The number of aliphatic hydroxyl groups excluding tert-OH is 1. The molecular formula is C5H6Cl2O. The Morgan fingerprint density at radius 2 is 2.00 bits per heavy atom. The highest BCUT2D eigenvalue weighted by Gasteiger charge is 1.87. The van der Waals surface area contributed by atoms with E-state index in [9.17, 15) is 0 Å². The number of halogens is 2. The molecule has 8 heavy (non-hydrogen) atoms. The molecule has 1 N–H and O–H groups in total. The monoisotopic (exact) mass is 152 g/mol. The predicted octanol–water partition coefficient (Wildman–Crippen LogP) is 2.77. The average Bonchev–Trinajstić information content (AvgIpc) is 1.67. The molecule has 0 fully saturated rings. The van der Waals surface area contributed by atoms with E-state index in [1.54, 1.807) is 6.92 Å². The van der Waals surface area contributed by atoms with Crippen LogP contribution in [0.4, 0.5) is 0 Å². The van der Waals surface area contributed by atoms with E-state index in [1.807, 2.05) is 0 Å². The fourth-order valence-corrected chi connectivity index (χ4v) is 0.300. The molecule has 0 aliphatic carbocycles. The quantitative estimate of drug-likeness (QED) is 0.453. The van der Waals surface area contributed by atoms with Gasteiger partial charge in [0.25, 0.3) is 0 Å². The number of rotatable bonds is 1. The van der Waals surface area contributed by atoms with Crippen LogP contribution in [0.15, 0.2) is 22.4 Å². The van der Waals surface area contributed by atoms with Crippen LogP contribution in [0.3, 0.4) is 0 Å². The number of aliphatic hydroxyl groups is 1. The summed E-state index contributed by atoms with van der Waals surface area (Å²) in [6.45, 7) is 1.64. The molecule has 3 heteroatoms. The second-order valence-corrected chi connectivity index (χ2v) is 2.17. The van der Waals surface area contributed by atoms with Crippen LogP contribution in [0.25, 0.3) is 0 Å². The van der Waals surface area contributed by atoms with E-state index in [0.717, 1.165) is 6.26 Å². The largest absolute Gasteiger partial charge is 0.516 e. The van der Waals surface area contributed by atoms with Crippen LogP contribution in [0.1, 0.15) is 6.92 Å². The van der Waals surface area contributed by atoms with E-state index in [2.05, 4.69) is 0 Å². The lowest BCUT2D eigenvalue weighted by Gasteiger charge is -1.85. The van der Waals surface area contributed by atoms with Gasteiger partial charge in [-0.2, -0.15) is 0 Å². The van der Waals surface area contributed by atoms with Crippen molar-refractivity contribution < 1.29 is 5.11 Å². The Hall–Kier alpha value is -0.140. The predicted molar refractivity (Wildman–Crippen MR) is 36.2 cm³/mol. The zero-order valence-electron chi connectivity index (χ0n) is 4.36. The fraction of sp³-hybridized carbons (Fsp3) is 0.200. The SMILES string of the molecule is C/C(Cl)=C(Cl)\C=C/O. The lowest BCUT2D eigenvalue weighted by atomic mass is 10.5. The summed E-state index contributed by atoms with van der Waals surface area (Å²) in [4.78, 5) is 0. The molecule has 1 nitrogen and oxygen atoms in total. The molecule has 0 aliphatic heterocycles. The Morgan fingerprint density at radius 3 is 2.12 bits per heavy atom. The van der Waals surface area contributed by atoms with Gasteiger partial charge in [-0.15, -0.1) is 0 Å². The number of allylic oxidation sites excluding steroid dienone is 3. The maximum atomic E-state index is 8.13. The zero-order chi connectivity index (χ0) is 6.57. The average molecular weight is 153 g/mol. The molecule has 0 saturated carbocycles. The van der Waals surface area contributed by atoms with E-state index in [0.29, 0.717) is 10.1 Å². The van der Waals surface area contributed by atoms with Gasteiger partial charge >= 0.3 is 0 Å². The molecule has 0 amide bonds. The van der Waals surface area contributed by atoms with Crippen LogP contribution in [0.2, 0.25) is 0 Å². The first kappa shape index (κ1) is 7.86. The molecule has 0 spiro atoms. The fourth-order valence-electron chi connectivity index (χ4n) is 0.180. The third-order valence-electron chi connectivity index (χ3n) is 0.550. The van der Waals surface area contributed by atoms with Crippen molar-refractivity contribution in [2.24, 2.45) is 0 Å². The minimum atomic E-state index is 0.356. The molecular weight excluding hydrogens is 147 g/mol. The van der Waals surface area contributed by atoms with Crippen molar-refractivity contribution in [2.45, 2.75) is 6.92 Å². The van der Waals surface area contributed by atoms with Crippen molar-refractivity contribution in [3.8, 4) is 0 Å². The highest BCUT2D eigenvalue weighted by atomic mass is 35.5. The Labute approximate surface area is 58.2 Å². The summed E-state index contributed by atoms with van der Waals surface area (Å²) in [6, 6.07) is 0. The van der Waals surface area contributed by atoms with E-state index in [1.165, 1.54) is 6.08 Å². The molecule has 0 aromatic heterocycles. The van der Waals surface area contributed by atoms with Crippen molar-refractivity contribution >= 4 is 23.2 Å². The molecule has 46 valence electrons. The van der Waals surface area contributed by atoms with Crippen LogP contribution >= 0.6 is 23.2 Å². The number of hydrogen-bond acceptors (Lipinski definition) is 1. The van der Waals surface area contributed by atoms with Crippen LogP contribution < -0.4 is 0 Å². The zero-order valence-corrected chi connectivity index (χ0v) is 5.87. The summed E-state index contributed by atoms with van der Waals surface area (Å²) < 4.78 is 0. The molecule has 0 rings (SSSR count). The third kappa shape index (κ3) is 2.94. The van der Waals surface area contributed by atoms with E-state index >= 15 is 0 Å². The summed E-state index contributed by atoms with van der Waals surface area (Å²) in [5.41, 5.74) is 0. The second kappa shape index (κ2) is 3.81. The van der Waals surface area contributed by atoms with Gasteiger partial charge in [0.05, 0.1) is 11.3 Å². The maximum absolute atomic E-state index is 8.13. The first-order valence-electron chi connectivity index (χ1n) is 2.01. The van der Waals surface area contributed by atoms with Gasteiger partial charge < -0.3 is 5.11 Å². The Bertz CT molecular complexity index is 122. The van der Waals surface area contributed by atoms with Crippen molar-refractivity contribution in [1.29, 1.82) is 0 Å². The summed E-state index contributed by atoms with van der Waals surface area (Å²) >= 11 is 10.8. The lowest BCUT2D eigenvalue weighted by molar-refractivity contribution is 0.473. The summed E-state index contributed by atoms with van der Waals surface area (Å²) in [5.74, 6) is 0. The van der Waals surface area contributed by atoms with Gasteiger partial charge in [0, 0.05) is 5.03 Å². The van der Waals surface area contributed by atoms with Crippen molar-refractivity contribution in [2.75, 3.05) is 0 Å². The van der Waals surface area contributed by atoms with Gasteiger partial charge in [0.1, 0.15) is 0 Å². The standard InChI is InChI=1S/C5H6Cl2O/c1-4(6)5(7)2-3-8/h2-3,8H,1H3/b3-2-,5-4-. The molecule has 0 atom stereocenters. The Kier molecular flexibility index (Phi) is 3.75. The Balaban J connectivity index is 4.00. The molecule has 0 unspecified atom stereocenters. The maximum Gasteiger partial charge on any atom is 0.0806 e. The van der Waals surface area contributed by atoms with Crippen LogP contribution in [-0.4, -0.2) is 5.11 Å². The van der Waals surface area contributed by atoms with Gasteiger partial charge in [0.15, 0.2) is 0 Å². The molecule has 0 bridgehead atoms. The lowest BCUT2D eigenvalue weighted by Crippen LogP contribution is -1.64. The smallest absolute Gasteiger partial charge is 0.0806 e. The van der Waals surface area contributed by atoms with Crippen molar-refractivity contribution in [3.63, 3.8) is 0 Å². The van der Waals surface area contributed by atoms with E-state index < -0.39 is 0 Å². The number of hydrogen-bond donors (Lipinski definition) is 1. The van der Waals surface area contributed by atoms with Crippen LogP contribution in [-0.2, 0) is 0 Å². The van der Waals surface area contributed by atoms with E-state index in [4.69, 9.17) is 28.3 Å². The molecule has 0 radical (unpaired) electrons. The van der Waals surface area contributed by atoms with Crippen molar-refractivity contribution in [1.82, 2.24) is 0 Å². The van der Waals surface area contributed by atoms with Gasteiger partial charge in [-0.25, -0.2) is 0 Å². The first-order valence-corrected chi connectivity index (χ1v) is 2.76. The molecule has 0 aromatic rings. The summed E-state index contributed by atoms with van der Waals surface area (Å²) in [7, 11) is 0. The van der Waals surface area contributed by atoms with E-state index in [-0.39, 0.29) is 0 Å². The van der Waals surface area contributed by atoms with Gasteiger partial charge in [-0.1, -0.05) is 23.2 Å². The van der Waals surface area contributed by atoms with Crippen LogP contribution in [0, 0.1) is 0 Å². The second-order valence-electron chi connectivity index (χ2n) is 1.20. The minimum absolute atomic E-state index is 0.356. The molecule has 0 heterocycles. The van der Waals surface area contributed by atoms with Crippen LogP contribution in [0.5, 0.6) is 0 Å². The highest BCUT2D eigenvalue weighted by Crippen LogP contribution is 2.12. The molecule has 0 aliphatic rings. The molecule has 0 aromatic carbocycles. The van der Waals surface area contributed by atoms with Gasteiger partial charge in [0.2, 0.25) is 0 Å². The molecule has 0 saturated heterocycles. The third-order valence-corrected chi connectivity index (χ3v) is 1.26. The topological polar surface area (TPSA) is 20.2 Å². The normalized spacial score (nSPS) is 14.4. The highest BCUT2D eigenvalue weighted by molar-refractivity contribution is 6.39. The summed E-state index contributed by atoms with van der Waals surface area (Å²) in [6.07, 6.45) is 2.15. The Morgan fingerprint density at radius 1 is 1.50 bits per heavy atom. The van der Waals surface area contributed by atoms with Gasteiger partial charge in [-0.3, -0.25) is 0 Å². The first-order chi connectivity index (χ1) is 3.68. The summed E-state index contributed by atoms with van der Waals surface area (Å²) in [5, 5.41) is 8.95.